The third-order valence-corrected chi connectivity index (χ3v) is 6.02. The predicted octanol–water partition coefficient (Wildman–Crippen LogP) is 0.673. The number of carbonyl (C=O) groups is 4. The molecule has 3 fully saturated rings. The molecular weight excluding hydrogens is 382 g/mol. The molecule has 1 unspecified atom stereocenters. The van der Waals surface area contributed by atoms with Crippen molar-refractivity contribution in [1.82, 2.24) is 15.3 Å². The summed E-state index contributed by atoms with van der Waals surface area (Å²) in [5.74, 6) is -1.33. The molecule has 0 aromatic rings. The van der Waals surface area contributed by atoms with E-state index in [1.54, 1.807) is 0 Å². The predicted molar refractivity (Wildman–Crippen MR) is 98.6 cm³/mol. The summed E-state index contributed by atoms with van der Waals surface area (Å²) in [5.41, 5.74) is 0. The zero-order valence-electron chi connectivity index (χ0n) is 16.5. The summed E-state index contributed by atoms with van der Waals surface area (Å²) in [4.78, 5) is 50.2. The highest BCUT2D eigenvalue weighted by atomic mass is 16.6. The second-order valence-electron chi connectivity index (χ2n) is 7.95. The van der Waals surface area contributed by atoms with Gasteiger partial charge in [-0.15, -0.1) is 0 Å². The first kappa shape index (κ1) is 21.5. The maximum absolute atomic E-state index is 13.2. The molecular formula is C19H29N3O7. The van der Waals surface area contributed by atoms with E-state index < -0.39 is 24.0 Å². The van der Waals surface area contributed by atoms with E-state index in [-0.39, 0.29) is 30.9 Å². The number of hydrogen-bond donors (Lipinski definition) is 2. The Morgan fingerprint density at radius 1 is 1.21 bits per heavy atom. The fourth-order valence-corrected chi connectivity index (χ4v) is 4.52. The summed E-state index contributed by atoms with van der Waals surface area (Å²) in [6.45, 7) is 1.13. The molecule has 2 N–H and O–H groups in total. The van der Waals surface area contributed by atoms with E-state index in [2.05, 4.69) is 5.32 Å². The quantitative estimate of drug-likeness (QED) is 0.358. The number of likely N-dealkylation sites (tertiary alicyclic amines) is 1. The van der Waals surface area contributed by atoms with Crippen molar-refractivity contribution in [2.24, 2.45) is 11.8 Å². The van der Waals surface area contributed by atoms with Gasteiger partial charge in [-0.05, 0) is 31.6 Å². The van der Waals surface area contributed by atoms with Gasteiger partial charge in [-0.25, -0.2) is 9.86 Å². The van der Waals surface area contributed by atoms with E-state index in [1.807, 2.05) is 0 Å². The van der Waals surface area contributed by atoms with Crippen LogP contribution in [0.1, 0.15) is 44.9 Å². The van der Waals surface area contributed by atoms with Crippen molar-refractivity contribution in [3.63, 3.8) is 0 Å². The molecule has 29 heavy (non-hydrogen) atoms. The van der Waals surface area contributed by atoms with E-state index in [0.717, 1.165) is 25.7 Å². The standard InChI is InChI=1S/C19H29N3O7/c23-12-21(27)10-15(13-4-1-2-5-13)18(25)22-8-3-6-16(22)17(24)20-19(26)29-14-7-9-28-11-14/h12-16,27H,1-11H2,(H,20,24,26)/t14-,15?,16+/m1/s1. The lowest BCUT2D eigenvalue weighted by atomic mass is 9.89. The Labute approximate surface area is 169 Å². The third kappa shape index (κ3) is 5.45. The molecule has 10 nitrogen and oxygen atoms in total. The van der Waals surface area contributed by atoms with Crippen molar-refractivity contribution in [1.29, 1.82) is 0 Å². The highest BCUT2D eigenvalue weighted by Crippen LogP contribution is 2.34. The second-order valence-corrected chi connectivity index (χ2v) is 7.95. The number of ether oxygens (including phenoxy) is 2. The normalized spacial score (nSPS) is 25.6. The summed E-state index contributed by atoms with van der Waals surface area (Å²) < 4.78 is 10.3. The lowest BCUT2D eigenvalue weighted by molar-refractivity contribution is -0.159. The third-order valence-electron chi connectivity index (χ3n) is 6.02. The zero-order chi connectivity index (χ0) is 20.8. The molecule has 2 saturated heterocycles. The van der Waals surface area contributed by atoms with Crippen LogP contribution in [-0.4, -0.2) is 77.9 Å². The van der Waals surface area contributed by atoms with Crippen LogP contribution in [0.15, 0.2) is 0 Å². The van der Waals surface area contributed by atoms with Crippen LogP contribution in [0, 0.1) is 11.8 Å². The summed E-state index contributed by atoms with van der Waals surface area (Å²) in [6, 6.07) is -0.762. The number of hydrogen-bond acceptors (Lipinski definition) is 7. The molecule has 3 aliphatic rings. The molecule has 0 spiro atoms. The molecule has 2 aliphatic heterocycles. The SMILES string of the molecule is O=CN(O)CC(C(=O)N1CCC[C@H]1C(=O)NC(=O)O[C@@H]1CCOC1)C1CCCC1. The summed E-state index contributed by atoms with van der Waals surface area (Å²) in [6.07, 6.45) is 4.47. The average molecular weight is 411 g/mol. The van der Waals surface area contributed by atoms with E-state index in [0.29, 0.717) is 44.1 Å². The van der Waals surface area contributed by atoms with Gasteiger partial charge in [0.15, 0.2) is 0 Å². The van der Waals surface area contributed by atoms with Gasteiger partial charge < -0.3 is 14.4 Å². The maximum Gasteiger partial charge on any atom is 0.414 e. The Morgan fingerprint density at radius 2 is 1.97 bits per heavy atom. The van der Waals surface area contributed by atoms with Crippen molar-refractivity contribution in [2.75, 3.05) is 26.3 Å². The van der Waals surface area contributed by atoms with Crippen molar-refractivity contribution < 1.29 is 33.9 Å². The Kier molecular flexibility index (Phi) is 7.43. The Hall–Kier alpha value is -2.20. The first-order valence-electron chi connectivity index (χ1n) is 10.3. The summed E-state index contributed by atoms with van der Waals surface area (Å²) >= 11 is 0. The number of nitrogens with one attached hydrogen (secondary N) is 1. The van der Waals surface area contributed by atoms with E-state index >= 15 is 0 Å². The van der Waals surface area contributed by atoms with Gasteiger partial charge in [0, 0.05) is 13.0 Å². The average Bonchev–Trinajstić information content (AvgIpc) is 3.47. The number of rotatable bonds is 7. The van der Waals surface area contributed by atoms with E-state index in [9.17, 15) is 24.4 Å². The van der Waals surface area contributed by atoms with Gasteiger partial charge in [-0.3, -0.25) is 24.9 Å². The van der Waals surface area contributed by atoms with Crippen molar-refractivity contribution >= 4 is 24.3 Å². The molecule has 0 aromatic carbocycles. The summed E-state index contributed by atoms with van der Waals surface area (Å²) in [7, 11) is 0. The van der Waals surface area contributed by atoms with Crippen LogP contribution in [0.3, 0.4) is 0 Å². The molecule has 0 bridgehead atoms. The van der Waals surface area contributed by atoms with Gasteiger partial charge in [-0.1, -0.05) is 12.8 Å². The lowest BCUT2D eigenvalue weighted by Gasteiger charge is -2.31. The number of alkyl carbamates (subject to hydrolysis) is 1. The second kappa shape index (κ2) is 10.0. The van der Waals surface area contributed by atoms with Crippen molar-refractivity contribution in [3.05, 3.63) is 0 Å². The fourth-order valence-electron chi connectivity index (χ4n) is 4.52. The van der Waals surface area contributed by atoms with Crippen LogP contribution in [0.4, 0.5) is 4.79 Å². The number of amides is 4. The Balaban J connectivity index is 1.62. The Bertz CT molecular complexity index is 617. The number of imide groups is 1. The first-order valence-corrected chi connectivity index (χ1v) is 10.3. The molecule has 2 heterocycles. The van der Waals surface area contributed by atoms with Gasteiger partial charge in [0.25, 0.3) is 5.91 Å². The van der Waals surface area contributed by atoms with E-state index in [1.165, 1.54) is 4.90 Å². The van der Waals surface area contributed by atoms with Crippen molar-refractivity contribution in [2.45, 2.75) is 57.1 Å². The number of carbonyl (C=O) groups excluding carboxylic acids is 4. The number of hydroxylamine groups is 2. The minimum Gasteiger partial charge on any atom is -0.443 e. The van der Waals surface area contributed by atoms with Crippen LogP contribution in [-0.2, 0) is 23.9 Å². The molecule has 10 heteroatoms. The Morgan fingerprint density at radius 3 is 2.62 bits per heavy atom. The molecule has 1 saturated carbocycles. The minimum absolute atomic E-state index is 0.0637. The topological polar surface area (TPSA) is 125 Å². The van der Waals surface area contributed by atoms with Gasteiger partial charge >= 0.3 is 6.09 Å². The minimum atomic E-state index is -0.834. The van der Waals surface area contributed by atoms with Crippen LogP contribution in [0.25, 0.3) is 0 Å². The van der Waals surface area contributed by atoms with Crippen LogP contribution in [0.5, 0.6) is 0 Å². The van der Waals surface area contributed by atoms with Crippen LogP contribution >= 0.6 is 0 Å². The molecule has 0 radical (unpaired) electrons. The van der Waals surface area contributed by atoms with Gasteiger partial charge in [0.05, 0.1) is 25.7 Å². The van der Waals surface area contributed by atoms with Gasteiger partial charge in [0.1, 0.15) is 12.1 Å². The largest absolute Gasteiger partial charge is 0.443 e. The lowest BCUT2D eigenvalue weighted by Crippen LogP contribution is -2.51. The molecule has 1 aliphatic carbocycles. The zero-order valence-corrected chi connectivity index (χ0v) is 16.5. The highest BCUT2D eigenvalue weighted by molar-refractivity contribution is 5.97. The monoisotopic (exact) mass is 411 g/mol. The fraction of sp³-hybridized carbons (Fsp3) is 0.789. The number of nitrogens with zero attached hydrogens (tertiary/aromatic N) is 2. The van der Waals surface area contributed by atoms with Gasteiger partial charge in [0.2, 0.25) is 12.3 Å². The summed E-state index contributed by atoms with van der Waals surface area (Å²) in [5, 5.41) is 12.4. The highest BCUT2D eigenvalue weighted by Gasteiger charge is 2.41. The molecule has 162 valence electrons. The molecule has 0 aromatic heterocycles. The van der Waals surface area contributed by atoms with E-state index in [4.69, 9.17) is 9.47 Å². The first-order chi connectivity index (χ1) is 14.0. The molecule has 3 rings (SSSR count). The maximum atomic E-state index is 13.2. The molecule has 4 amide bonds. The van der Waals surface area contributed by atoms with Crippen molar-refractivity contribution in [3.8, 4) is 0 Å². The molecule has 3 atom stereocenters. The smallest absolute Gasteiger partial charge is 0.414 e. The van der Waals surface area contributed by atoms with Crippen LogP contribution in [0.2, 0.25) is 0 Å². The van der Waals surface area contributed by atoms with Gasteiger partial charge in [-0.2, -0.15) is 0 Å². The van der Waals surface area contributed by atoms with Crippen LogP contribution < -0.4 is 5.32 Å².